The lowest BCUT2D eigenvalue weighted by Crippen LogP contribution is -2.54. The maximum absolute atomic E-state index is 13.2. The average molecular weight is 344 g/mol. The monoisotopic (exact) mass is 344 g/mol. The van der Waals surface area contributed by atoms with Gasteiger partial charge in [0.2, 0.25) is 5.91 Å². The number of nitrogens with one attached hydrogen (secondary N) is 1. The van der Waals surface area contributed by atoms with Crippen LogP contribution in [0.2, 0.25) is 0 Å². The molecule has 0 radical (unpaired) electrons. The molecule has 2 aromatic rings. The van der Waals surface area contributed by atoms with Crippen LogP contribution in [0.25, 0.3) is 0 Å². The van der Waals surface area contributed by atoms with Crippen LogP contribution in [0.15, 0.2) is 36.4 Å². The standard InChI is InChI=1S/C19H18F2N2O2/c1-11-4-3-5-17(12(11)2)22-18(24)14-9-23(10-14)19(25)13-6-7-15(20)16(21)8-13/h3-8,14H,9-10H2,1-2H3,(H,22,24). The van der Waals surface area contributed by atoms with E-state index in [2.05, 4.69) is 5.32 Å². The van der Waals surface area contributed by atoms with E-state index in [9.17, 15) is 18.4 Å². The Morgan fingerprint density at radius 3 is 2.48 bits per heavy atom. The summed E-state index contributed by atoms with van der Waals surface area (Å²) in [5.41, 5.74) is 2.93. The van der Waals surface area contributed by atoms with E-state index < -0.39 is 17.5 Å². The fourth-order valence-electron chi connectivity index (χ4n) is 2.74. The summed E-state index contributed by atoms with van der Waals surface area (Å²) >= 11 is 0. The van der Waals surface area contributed by atoms with E-state index in [0.29, 0.717) is 0 Å². The largest absolute Gasteiger partial charge is 0.337 e. The molecule has 25 heavy (non-hydrogen) atoms. The SMILES string of the molecule is Cc1cccc(NC(=O)C2CN(C(=O)c3ccc(F)c(F)c3)C2)c1C. The van der Waals surface area contributed by atoms with Gasteiger partial charge in [-0.05, 0) is 49.2 Å². The molecule has 4 nitrogen and oxygen atoms in total. The van der Waals surface area contributed by atoms with Gasteiger partial charge in [0.15, 0.2) is 11.6 Å². The first-order valence-electron chi connectivity index (χ1n) is 7.98. The van der Waals surface area contributed by atoms with Crippen molar-refractivity contribution >= 4 is 17.5 Å². The molecular formula is C19H18F2N2O2. The predicted molar refractivity (Wildman–Crippen MR) is 90.3 cm³/mol. The van der Waals surface area contributed by atoms with Crippen molar-refractivity contribution in [3.8, 4) is 0 Å². The molecule has 1 N–H and O–H groups in total. The number of halogens is 2. The first-order chi connectivity index (χ1) is 11.9. The molecule has 0 saturated carbocycles. The molecule has 1 fully saturated rings. The van der Waals surface area contributed by atoms with Crippen molar-refractivity contribution in [2.24, 2.45) is 5.92 Å². The van der Waals surface area contributed by atoms with E-state index in [4.69, 9.17) is 0 Å². The van der Waals surface area contributed by atoms with Crippen LogP contribution in [0.4, 0.5) is 14.5 Å². The van der Waals surface area contributed by atoms with Crippen molar-refractivity contribution in [3.05, 3.63) is 64.7 Å². The van der Waals surface area contributed by atoms with Crippen molar-refractivity contribution in [2.45, 2.75) is 13.8 Å². The lowest BCUT2D eigenvalue weighted by Gasteiger charge is -2.38. The summed E-state index contributed by atoms with van der Waals surface area (Å²) in [6.07, 6.45) is 0. The number of rotatable bonds is 3. The fraction of sp³-hybridized carbons (Fsp3) is 0.263. The topological polar surface area (TPSA) is 49.4 Å². The Bertz CT molecular complexity index is 845. The van der Waals surface area contributed by atoms with Crippen molar-refractivity contribution in [1.82, 2.24) is 4.90 Å². The zero-order chi connectivity index (χ0) is 18.1. The molecule has 0 bridgehead atoms. The van der Waals surface area contributed by atoms with Crippen LogP contribution < -0.4 is 5.32 Å². The van der Waals surface area contributed by atoms with E-state index in [1.54, 1.807) is 0 Å². The first kappa shape index (κ1) is 17.1. The van der Waals surface area contributed by atoms with Crippen molar-refractivity contribution in [1.29, 1.82) is 0 Å². The average Bonchev–Trinajstić information content (AvgIpc) is 2.53. The number of anilines is 1. The zero-order valence-electron chi connectivity index (χ0n) is 14.0. The maximum atomic E-state index is 13.2. The Morgan fingerprint density at radius 1 is 1.08 bits per heavy atom. The molecule has 2 amide bonds. The molecule has 0 spiro atoms. The van der Waals surface area contributed by atoms with E-state index in [-0.39, 0.29) is 30.5 Å². The number of carbonyl (C=O) groups is 2. The van der Waals surface area contributed by atoms with Crippen molar-refractivity contribution in [2.75, 3.05) is 18.4 Å². The number of amides is 2. The molecule has 0 unspecified atom stereocenters. The van der Waals surface area contributed by atoms with Crippen molar-refractivity contribution in [3.63, 3.8) is 0 Å². The summed E-state index contributed by atoms with van der Waals surface area (Å²) in [6.45, 7) is 4.42. The van der Waals surface area contributed by atoms with Gasteiger partial charge in [-0.15, -0.1) is 0 Å². The molecule has 130 valence electrons. The predicted octanol–water partition coefficient (Wildman–Crippen LogP) is 3.29. The molecule has 0 aromatic heterocycles. The summed E-state index contributed by atoms with van der Waals surface area (Å²) in [5.74, 6) is -2.92. The summed E-state index contributed by atoms with van der Waals surface area (Å²) < 4.78 is 26.2. The minimum atomic E-state index is -1.06. The van der Waals surface area contributed by atoms with Gasteiger partial charge in [0.05, 0.1) is 5.92 Å². The lowest BCUT2D eigenvalue weighted by atomic mass is 9.97. The first-order valence-corrected chi connectivity index (χ1v) is 7.98. The van der Waals surface area contributed by atoms with E-state index in [0.717, 1.165) is 28.9 Å². The van der Waals surface area contributed by atoms with Crippen LogP contribution in [-0.4, -0.2) is 29.8 Å². The highest BCUT2D eigenvalue weighted by Gasteiger charge is 2.36. The maximum Gasteiger partial charge on any atom is 0.254 e. The molecule has 6 heteroatoms. The van der Waals surface area contributed by atoms with Crippen LogP contribution in [-0.2, 0) is 4.79 Å². The van der Waals surface area contributed by atoms with Gasteiger partial charge in [-0.25, -0.2) is 8.78 Å². The summed E-state index contributed by atoms with van der Waals surface area (Å²) in [4.78, 5) is 26.0. The molecule has 0 atom stereocenters. The third kappa shape index (κ3) is 3.38. The number of nitrogens with zero attached hydrogens (tertiary/aromatic N) is 1. The van der Waals surface area contributed by atoms with Crippen LogP contribution in [0.5, 0.6) is 0 Å². The molecule has 2 aromatic carbocycles. The molecule has 1 heterocycles. The van der Waals surface area contributed by atoms with Crippen molar-refractivity contribution < 1.29 is 18.4 Å². The Labute approximate surface area is 144 Å². The van der Waals surface area contributed by atoms with Gasteiger partial charge in [-0.3, -0.25) is 9.59 Å². The minimum Gasteiger partial charge on any atom is -0.337 e. The lowest BCUT2D eigenvalue weighted by molar-refractivity contribution is -0.123. The quantitative estimate of drug-likeness (QED) is 0.929. The minimum absolute atomic E-state index is 0.0762. The Hall–Kier alpha value is -2.76. The van der Waals surface area contributed by atoms with Gasteiger partial charge in [-0.1, -0.05) is 12.1 Å². The van der Waals surface area contributed by atoms with Crippen LogP contribution in [0.1, 0.15) is 21.5 Å². The van der Waals surface area contributed by atoms with Crippen LogP contribution in [0, 0.1) is 31.4 Å². The number of hydrogen-bond donors (Lipinski definition) is 1. The highest BCUT2D eigenvalue weighted by molar-refractivity contribution is 5.98. The normalized spacial score (nSPS) is 14.2. The molecule has 0 aliphatic carbocycles. The third-order valence-electron chi connectivity index (χ3n) is 4.57. The molecule has 3 rings (SSSR count). The molecule has 1 saturated heterocycles. The third-order valence-corrected chi connectivity index (χ3v) is 4.57. The number of likely N-dealkylation sites (tertiary alicyclic amines) is 1. The molecule has 1 aliphatic rings. The van der Waals surface area contributed by atoms with E-state index >= 15 is 0 Å². The fourth-order valence-corrected chi connectivity index (χ4v) is 2.74. The summed E-state index contributed by atoms with van der Waals surface area (Å²) in [7, 11) is 0. The smallest absolute Gasteiger partial charge is 0.254 e. The van der Waals surface area contributed by atoms with Gasteiger partial charge in [0.25, 0.3) is 5.91 Å². The second-order valence-corrected chi connectivity index (χ2v) is 6.27. The Morgan fingerprint density at radius 2 is 1.80 bits per heavy atom. The highest BCUT2D eigenvalue weighted by atomic mass is 19.2. The molecular weight excluding hydrogens is 326 g/mol. The number of carbonyl (C=O) groups excluding carboxylic acids is 2. The Balaban J connectivity index is 1.60. The van der Waals surface area contributed by atoms with Gasteiger partial charge >= 0.3 is 0 Å². The van der Waals surface area contributed by atoms with E-state index in [1.165, 1.54) is 11.0 Å². The van der Waals surface area contributed by atoms with Crippen LogP contribution >= 0.6 is 0 Å². The second kappa shape index (κ2) is 6.63. The van der Waals surface area contributed by atoms with Gasteiger partial charge < -0.3 is 10.2 Å². The Kier molecular flexibility index (Phi) is 4.53. The molecule has 1 aliphatic heterocycles. The highest BCUT2D eigenvalue weighted by Crippen LogP contribution is 2.23. The van der Waals surface area contributed by atoms with Gasteiger partial charge in [0.1, 0.15) is 0 Å². The van der Waals surface area contributed by atoms with Gasteiger partial charge in [-0.2, -0.15) is 0 Å². The van der Waals surface area contributed by atoms with E-state index in [1.807, 2.05) is 32.0 Å². The number of hydrogen-bond acceptors (Lipinski definition) is 2. The second-order valence-electron chi connectivity index (χ2n) is 6.27. The van der Waals surface area contributed by atoms with Crippen LogP contribution in [0.3, 0.4) is 0 Å². The number of benzene rings is 2. The zero-order valence-corrected chi connectivity index (χ0v) is 14.0. The summed E-state index contributed by atoms with van der Waals surface area (Å²) in [5, 5.41) is 2.88. The summed E-state index contributed by atoms with van der Waals surface area (Å²) in [6, 6.07) is 8.72. The number of aryl methyl sites for hydroxylation is 1. The van der Waals surface area contributed by atoms with Gasteiger partial charge in [0, 0.05) is 24.3 Å².